The molecule has 0 amide bonds. The molecule has 1 atom stereocenters. The van der Waals surface area contributed by atoms with Crippen molar-refractivity contribution in [1.29, 1.82) is 0 Å². The number of benzene rings is 2. The van der Waals surface area contributed by atoms with Crippen LogP contribution in [0.2, 0.25) is 0 Å². The van der Waals surface area contributed by atoms with Gasteiger partial charge in [0.15, 0.2) is 0 Å². The van der Waals surface area contributed by atoms with Crippen LogP contribution in [0.4, 0.5) is 8.78 Å². The fourth-order valence-electron chi connectivity index (χ4n) is 3.90. The number of hydrogen-bond acceptors (Lipinski definition) is 2. The Labute approximate surface area is 184 Å². The molecular formula is C26H35F2NO2. The normalized spacial score (nSPS) is 12.1. The van der Waals surface area contributed by atoms with Crippen LogP contribution in [-0.2, 0) is 11.2 Å². The lowest BCUT2D eigenvalue weighted by Crippen LogP contribution is -2.19. The number of nitrogens with one attached hydrogen (secondary N) is 1. The molecule has 31 heavy (non-hydrogen) atoms. The summed E-state index contributed by atoms with van der Waals surface area (Å²) in [5, 5.41) is 11.7. The minimum atomic E-state index is -0.777. The molecule has 3 nitrogen and oxygen atoms in total. The van der Waals surface area contributed by atoms with Gasteiger partial charge in [-0.05, 0) is 80.0 Å². The zero-order valence-electron chi connectivity index (χ0n) is 18.7. The SMILES string of the molecule is Cc1ccc(C[C@@H](CCCCCCCNCCC(=O)O)c2cc(F)cc(F)c2)cc1C. The summed E-state index contributed by atoms with van der Waals surface area (Å²) in [4.78, 5) is 10.5. The summed E-state index contributed by atoms with van der Waals surface area (Å²) in [5.74, 6) is -1.73. The quantitative estimate of drug-likeness (QED) is 0.345. The van der Waals surface area contributed by atoms with Gasteiger partial charge >= 0.3 is 5.97 Å². The Bertz CT molecular complexity index is 818. The topological polar surface area (TPSA) is 49.3 Å². The number of carbonyl (C=O) groups is 1. The third kappa shape index (κ3) is 9.60. The zero-order chi connectivity index (χ0) is 22.6. The van der Waals surface area contributed by atoms with Crippen LogP contribution < -0.4 is 5.32 Å². The van der Waals surface area contributed by atoms with Crippen LogP contribution in [-0.4, -0.2) is 24.2 Å². The van der Waals surface area contributed by atoms with E-state index in [-0.39, 0.29) is 12.3 Å². The first-order valence-electron chi connectivity index (χ1n) is 11.3. The van der Waals surface area contributed by atoms with E-state index < -0.39 is 17.6 Å². The summed E-state index contributed by atoms with van der Waals surface area (Å²) in [5.41, 5.74) is 4.41. The number of hydrogen-bond donors (Lipinski definition) is 2. The summed E-state index contributed by atoms with van der Waals surface area (Å²) in [7, 11) is 0. The molecular weight excluding hydrogens is 396 g/mol. The number of aryl methyl sites for hydroxylation is 2. The highest BCUT2D eigenvalue weighted by atomic mass is 19.1. The molecule has 0 aliphatic carbocycles. The molecule has 2 rings (SSSR count). The van der Waals surface area contributed by atoms with Crippen molar-refractivity contribution in [2.75, 3.05) is 13.1 Å². The minimum absolute atomic E-state index is 0.0880. The van der Waals surface area contributed by atoms with Gasteiger partial charge in [-0.2, -0.15) is 0 Å². The van der Waals surface area contributed by atoms with Crippen molar-refractivity contribution in [3.63, 3.8) is 0 Å². The predicted octanol–water partition coefficient (Wildman–Crippen LogP) is 6.31. The molecule has 5 heteroatoms. The first-order valence-corrected chi connectivity index (χ1v) is 11.3. The Morgan fingerprint density at radius 3 is 2.26 bits per heavy atom. The van der Waals surface area contributed by atoms with Gasteiger partial charge in [0.25, 0.3) is 0 Å². The number of unbranched alkanes of at least 4 members (excludes halogenated alkanes) is 4. The molecule has 0 unspecified atom stereocenters. The Kier molecular flexibility index (Phi) is 10.6. The van der Waals surface area contributed by atoms with Crippen LogP contribution in [0.25, 0.3) is 0 Å². The molecule has 2 N–H and O–H groups in total. The van der Waals surface area contributed by atoms with Crippen molar-refractivity contribution < 1.29 is 18.7 Å². The molecule has 2 aromatic carbocycles. The van der Waals surface area contributed by atoms with Gasteiger partial charge in [-0.25, -0.2) is 8.78 Å². The van der Waals surface area contributed by atoms with E-state index in [1.165, 1.54) is 28.8 Å². The summed E-state index contributed by atoms with van der Waals surface area (Å²) < 4.78 is 27.7. The van der Waals surface area contributed by atoms with Gasteiger partial charge in [0, 0.05) is 12.6 Å². The molecule has 0 heterocycles. The van der Waals surface area contributed by atoms with E-state index in [2.05, 4.69) is 37.4 Å². The van der Waals surface area contributed by atoms with E-state index in [0.717, 1.165) is 63.1 Å². The van der Waals surface area contributed by atoms with Crippen molar-refractivity contribution >= 4 is 5.97 Å². The maximum absolute atomic E-state index is 13.8. The molecule has 0 aliphatic rings. The van der Waals surface area contributed by atoms with E-state index in [4.69, 9.17) is 5.11 Å². The molecule has 0 bridgehead atoms. The third-order valence-corrected chi connectivity index (χ3v) is 5.83. The zero-order valence-corrected chi connectivity index (χ0v) is 18.7. The lowest BCUT2D eigenvalue weighted by atomic mass is 9.86. The second kappa shape index (κ2) is 13.2. The summed E-state index contributed by atoms with van der Waals surface area (Å²) in [6.07, 6.45) is 7.15. The van der Waals surface area contributed by atoms with Crippen molar-refractivity contribution in [2.45, 2.75) is 71.1 Å². The Morgan fingerprint density at radius 2 is 1.58 bits per heavy atom. The number of carboxylic acid groups (broad SMARTS) is 1. The van der Waals surface area contributed by atoms with Crippen molar-refractivity contribution in [2.24, 2.45) is 0 Å². The average Bonchev–Trinajstić information content (AvgIpc) is 2.70. The maximum Gasteiger partial charge on any atom is 0.304 e. The van der Waals surface area contributed by atoms with Gasteiger partial charge in [0.2, 0.25) is 0 Å². The standard InChI is InChI=1S/C26H35F2NO2/c1-19-9-10-21(14-20(19)2)15-22(23-16-24(27)18-25(28)17-23)8-6-4-3-5-7-12-29-13-11-26(30)31/h9-10,14,16-18,22,29H,3-8,11-13,15H2,1-2H3,(H,30,31)/t22-/m1/s1. The van der Waals surface area contributed by atoms with Gasteiger partial charge < -0.3 is 10.4 Å². The highest BCUT2D eigenvalue weighted by molar-refractivity contribution is 5.66. The van der Waals surface area contributed by atoms with Crippen LogP contribution >= 0.6 is 0 Å². The van der Waals surface area contributed by atoms with Crippen molar-refractivity contribution in [3.8, 4) is 0 Å². The molecule has 0 spiro atoms. The van der Waals surface area contributed by atoms with Crippen LogP contribution in [0.5, 0.6) is 0 Å². The van der Waals surface area contributed by atoms with Gasteiger partial charge in [0.1, 0.15) is 11.6 Å². The maximum atomic E-state index is 13.8. The van der Waals surface area contributed by atoms with E-state index >= 15 is 0 Å². The van der Waals surface area contributed by atoms with E-state index in [1.807, 2.05) is 0 Å². The van der Waals surface area contributed by atoms with Crippen molar-refractivity contribution in [3.05, 3.63) is 70.3 Å². The van der Waals surface area contributed by atoms with Gasteiger partial charge in [0.05, 0.1) is 6.42 Å². The van der Waals surface area contributed by atoms with Crippen LogP contribution in [0, 0.1) is 25.5 Å². The van der Waals surface area contributed by atoms with Gasteiger partial charge in [-0.3, -0.25) is 4.79 Å². The van der Waals surface area contributed by atoms with Gasteiger partial charge in [-0.15, -0.1) is 0 Å². The first kappa shape index (κ1) is 25.0. The number of aliphatic carboxylic acids is 1. The van der Waals surface area contributed by atoms with Crippen LogP contribution in [0.15, 0.2) is 36.4 Å². The monoisotopic (exact) mass is 431 g/mol. The molecule has 170 valence electrons. The van der Waals surface area contributed by atoms with E-state index in [0.29, 0.717) is 6.54 Å². The summed E-state index contributed by atoms with van der Waals surface area (Å²) in [6, 6.07) is 10.3. The molecule has 0 radical (unpaired) electrons. The summed E-state index contributed by atoms with van der Waals surface area (Å²) in [6.45, 7) is 5.53. The largest absolute Gasteiger partial charge is 0.481 e. The average molecular weight is 432 g/mol. The van der Waals surface area contributed by atoms with E-state index in [9.17, 15) is 13.6 Å². The molecule has 2 aromatic rings. The molecule has 0 saturated carbocycles. The molecule has 0 fully saturated rings. The Morgan fingerprint density at radius 1 is 0.903 bits per heavy atom. The summed E-state index contributed by atoms with van der Waals surface area (Å²) >= 11 is 0. The van der Waals surface area contributed by atoms with Crippen LogP contribution in [0.3, 0.4) is 0 Å². The second-order valence-corrected chi connectivity index (χ2v) is 8.47. The lowest BCUT2D eigenvalue weighted by molar-refractivity contribution is -0.136. The predicted molar refractivity (Wildman–Crippen MR) is 122 cm³/mol. The Hall–Kier alpha value is -2.27. The molecule has 0 aromatic heterocycles. The number of halogens is 2. The minimum Gasteiger partial charge on any atom is -0.481 e. The van der Waals surface area contributed by atoms with Crippen molar-refractivity contribution in [1.82, 2.24) is 5.32 Å². The highest BCUT2D eigenvalue weighted by Crippen LogP contribution is 2.29. The number of rotatable bonds is 14. The molecule has 0 aliphatic heterocycles. The molecule has 0 saturated heterocycles. The van der Waals surface area contributed by atoms with E-state index in [1.54, 1.807) is 0 Å². The lowest BCUT2D eigenvalue weighted by Gasteiger charge is -2.19. The second-order valence-electron chi connectivity index (χ2n) is 8.47. The fourth-order valence-corrected chi connectivity index (χ4v) is 3.90. The highest BCUT2D eigenvalue weighted by Gasteiger charge is 2.15. The number of carboxylic acids is 1. The smallest absolute Gasteiger partial charge is 0.304 e. The Balaban J connectivity index is 1.83. The van der Waals surface area contributed by atoms with Crippen LogP contribution in [0.1, 0.15) is 73.1 Å². The first-order chi connectivity index (χ1) is 14.8. The fraction of sp³-hybridized carbons (Fsp3) is 0.500. The third-order valence-electron chi connectivity index (χ3n) is 5.83. The van der Waals surface area contributed by atoms with Gasteiger partial charge in [-0.1, -0.05) is 43.9 Å².